The fourth-order valence-electron chi connectivity index (χ4n) is 3.47. The van der Waals surface area contributed by atoms with E-state index in [4.69, 9.17) is 26.1 Å². The van der Waals surface area contributed by atoms with Crippen molar-refractivity contribution in [3.05, 3.63) is 71.5 Å². The van der Waals surface area contributed by atoms with Crippen LogP contribution >= 0.6 is 11.6 Å². The molecule has 0 aliphatic heterocycles. The van der Waals surface area contributed by atoms with Crippen LogP contribution in [0.5, 0.6) is 11.5 Å². The number of hydrogen-bond donors (Lipinski definition) is 1. The van der Waals surface area contributed by atoms with Gasteiger partial charge in [-0.25, -0.2) is 4.98 Å². The first kappa shape index (κ1) is 22.8. The number of pyridine rings is 1. The number of rotatable bonds is 10. The van der Waals surface area contributed by atoms with E-state index in [1.807, 2.05) is 54.1 Å². The molecule has 0 saturated carbocycles. The third kappa shape index (κ3) is 5.88. The summed E-state index contributed by atoms with van der Waals surface area (Å²) in [6, 6.07) is 16.8. The Morgan fingerprint density at radius 3 is 2.67 bits per heavy atom. The van der Waals surface area contributed by atoms with Crippen molar-refractivity contribution in [1.29, 1.82) is 0 Å². The van der Waals surface area contributed by atoms with Crippen molar-refractivity contribution in [1.82, 2.24) is 14.5 Å². The molecule has 1 N–H and O–H groups in total. The van der Waals surface area contributed by atoms with Crippen LogP contribution in [0.15, 0.2) is 60.8 Å². The van der Waals surface area contributed by atoms with Crippen LogP contribution in [0.1, 0.15) is 18.5 Å². The summed E-state index contributed by atoms with van der Waals surface area (Å²) in [6.07, 6.45) is 3.12. The van der Waals surface area contributed by atoms with E-state index >= 15 is 0 Å². The molecule has 170 valence electrons. The molecule has 0 aliphatic carbocycles. The number of Topliss-reactive ketones (excluding diaryl/α,β-unsaturated/α-hetero) is 1. The molecule has 7 nitrogen and oxygen atoms in total. The monoisotopic (exact) mass is 464 g/mol. The molecule has 4 aromatic rings. The van der Waals surface area contributed by atoms with Crippen molar-refractivity contribution in [2.75, 3.05) is 19.0 Å². The van der Waals surface area contributed by atoms with Gasteiger partial charge in [-0.1, -0.05) is 11.6 Å². The van der Waals surface area contributed by atoms with Crippen LogP contribution in [0.2, 0.25) is 5.02 Å². The van der Waals surface area contributed by atoms with E-state index in [9.17, 15) is 4.79 Å². The highest BCUT2D eigenvalue weighted by Crippen LogP contribution is 2.28. The van der Waals surface area contributed by atoms with Gasteiger partial charge < -0.3 is 19.4 Å². The van der Waals surface area contributed by atoms with Crippen LogP contribution in [0.25, 0.3) is 11.0 Å². The van der Waals surface area contributed by atoms with Gasteiger partial charge in [-0.2, -0.15) is 0 Å². The summed E-state index contributed by atoms with van der Waals surface area (Å²) in [6.45, 7) is 0.579. The molecule has 0 aliphatic rings. The van der Waals surface area contributed by atoms with Crippen molar-refractivity contribution >= 4 is 40.1 Å². The fourth-order valence-corrected chi connectivity index (χ4v) is 3.60. The second-order valence-corrected chi connectivity index (χ2v) is 8.11. The molecular weight excluding hydrogens is 440 g/mol. The molecular formula is C25H25ClN4O3. The Bertz CT molecular complexity index is 1250. The molecule has 0 saturated heterocycles. The third-order valence-corrected chi connectivity index (χ3v) is 5.41. The quantitative estimate of drug-likeness (QED) is 0.303. The average molecular weight is 465 g/mol. The van der Waals surface area contributed by atoms with Crippen LogP contribution in [0.3, 0.4) is 0 Å². The predicted molar refractivity (Wildman–Crippen MR) is 130 cm³/mol. The predicted octanol–water partition coefficient (Wildman–Crippen LogP) is 5.70. The lowest BCUT2D eigenvalue weighted by Crippen LogP contribution is -2.05. The largest absolute Gasteiger partial charge is 0.457 e. The molecule has 0 fully saturated rings. The van der Waals surface area contributed by atoms with E-state index in [2.05, 4.69) is 10.3 Å². The van der Waals surface area contributed by atoms with E-state index in [-0.39, 0.29) is 12.2 Å². The number of aromatic nitrogens is 3. The first-order valence-corrected chi connectivity index (χ1v) is 11.0. The zero-order valence-corrected chi connectivity index (χ0v) is 19.3. The minimum Gasteiger partial charge on any atom is -0.457 e. The topological polar surface area (TPSA) is 78.3 Å². The molecule has 0 radical (unpaired) electrons. The lowest BCUT2D eigenvalue weighted by molar-refractivity contribution is -0.118. The maximum absolute atomic E-state index is 12.1. The number of fused-ring (bicyclic) bond motifs is 1. The first-order valence-electron chi connectivity index (χ1n) is 10.6. The summed E-state index contributed by atoms with van der Waals surface area (Å²) in [5.74, 6) is 2.12. The highest BCUT2D eigenvalue weighted by atomic mass is 35.5. The van der Waals surface area contributed by atoms with E-state index in [0.717, 1.165) is 16.7 Å². The van der Waals surface area contributed by atoms with Gasteiger partial charge in [0.2, 0.25) is 5.95 Å². The smallest absolute Gasteiger partial charge is 0.208 e. The lowest BCUT2D eigenvalue weighted by Gasteiger charge is -2.08. The zero-order valence-electron chi connectivity index (χ0n) is 18.5. The summed E-state index contributed by atoms with van der Waals surface area (Å²) in [5.41, 5.74) is 3.35. The molecule has 0 atom stereocenters. The number of nitrogens with one attached hydrogen (secondary N) is 1. The van der Waals surface area contributed by atoms with Crippen LogP contribution in [-0.2, 0) is 23.0 Å². The average Bonchev–Trinajstić information content (AvgIpc) is 3.10. The Labute approximate surface area is 197 Å². The number of anilines is 2. The van der Waals surface area contributed by atoms with Crippen molar-refractivity contribution in [2.24, 2.45) is 7.05 Å². The summed E-state index contributed by atoms with van der Waals surface area (Å²) in [7, 11) is 3.58. The normalized spacial score (nSPS) is 11.0. The molecule has 8 heteroatoms. The third-order valence-electron chi connectivity index (χ3n) is 5.16. The number of ether oxygens (including phenoxy) is 2. The second kappa shape index (κ2) is 10.5. The highest BCUT2D eigenvalue weighted by Gasteiger charge is 2.11. The summed E-state index contributed by atoms with van der Waals surface area (Å²) >= 11 is 5.97. The van der Waals surface area contributed by atoms with E-state index < -0.39 is 0 Å². The van der Waals surface area contributed by atoms with Gasteiger partial charge in [-0.05, 0) is 48.9 Å². The molecule has 2 aromatic carbocycles. The van der Waals surface area contributed by atoms with Gasteiger partial charge >= 0.3 is 0 Å². The van der Waals surface area contributed by atoms with Crippen LogP contribution in [-0.4, -0.2) is 34.0 Å². The van der Waals surface area contributed by atoms with Gasteiger partial charge in [0, 0.05) is 62.6 Å². The SMILES string of the molecule is COCCCC(=O)Cc1cc(Oc2ccc3c(c2)nc(Nc2ccc(Cl)cc2)n3C)ccn1. The maximum Gasteiger partial charge on any atom is 0.208 e. The molecule has 0 unspecified atom stereocenters. The molecule has 2 heterocycles. The van der Waals surface area contributed by atoms with Gasteiger partial charge in [-0.3, -0.25) is 9.78 Å². The Balaban J connectivity index is 1.47. The summed E-state index contributed by atoms with van der Waals surface area (Å²) in [5, 5.41) is 3.99. The number of carbonyl (C=O) groups excluding carboxylic acids is 1. The Kier molecular flexibility index (Phi) is 7.22. The van der Waals surface area contributed by atoms with E-state index in [0.29, 0.717) is 47.6 Å². The van der Waals surface area contributed by atoms with Crippen LogP contribution < -0.4 is 10.1 Å². The first-order chi connectivity index (χ1) is 16.0. The minimum absolute atomic E-state index is 0.132. The molecule has 33 heavy (non-hydrogen) atoms. The van der Waals surface area contributed by atoms with Crippen molar-refractivity contribution < 1.29 is 14.3 Å². The van der Waals surface area contributed by atoms with E-state index in [1.54, 1.807) is 25.4 Å². The summed E-state index contributed by atoms with van der Waals surface area (Å²) < 4.78 is 13.0. The minimum atomic E-state index is 0.132. The lowest BCUT2D eigenvalue weighted by atomic mass is 10.1. The van der Waals surface area contributed by atoms with Gasteiger partial charge in [0.05, 0.1) is 16.7 Å². The molecule has 0 spiro atoms. The molecule has 0 amide bonds. The van der Waals surface area contributed by atoms with Gasteiger partial charge in [0.15, 0.2) is 0 Å². The number of nitrogens with zero attached hydrogens (tertiary/aromatic N) is 3. The Hall–Kier alpha value is -3.42. The summed E-state index contributed by atoms with van der Waals surface area (Å²) in [4.78, 5) is 21.1. The van der Waals surface area contributed by atoms with E-state index in [1.165, 1.54) is 0 Å². The molecule has 4 rings (SSSR count). The number of carbonyl (C=O) groups is 1. The second-order valence-electron chi connectivity index (χ2n) is 7.67. The van der Waals surface area contributed by atoms with Gasteiger partial charge in [0.1, 0.15) is 17.3 Å². The Morgan fingerprint density at radius 1 is 1.09 bits per heavy atom. The number of halogens is 1. The number of imidazole rings is 1. The number of methoxy groups -OCH3 is 1. The number of aryl methyl sites for hydroxylation is 1. The standard InChI is InChI=1S/C25H25ClN4O3/c1-30-24-10-9-21(16-23(24)29-25(30)28-18-7-5-17(26)6-8-18)33-22-11-12-27-19(15-22)14-20(31)4-3-13-32-2/h5-12,15-16H,3-4,13-14H2,1-2H3,(H,28,29). The number of benzene rings is 2. The Morgan fingerprint density at radius 2 is 1.88 bits per heavy atom. The van der Waals surface area contributed by atoms with Crippen molar-refractivity contribution in [2.45, 2.75) is 19.3 Å². The molecule has 2 aromatic heterocycles. The van der Waals surface area contributed by atoms with Crippen LogP contribution in [0, 0.1) is 0 Å². The molecule has 0 bridgehead atoms. The van der Waals surface area contributed by atoms with Crippen molar-refractivity contribution in [3.8, 4) is 11.5 Å². The van der Waals surface area contributed by atoms with Gasteiger partial charge in [-0.15, -0.1) is 0 Å². The van der Waals surface area contributed by atoms with Crippen LogP contribution in [0.4, 0.5) is 11.6 Å². The highest BCUT2D eigenvalue weighted by molar-refractivity contribution is 6.30. The number of ketones is 1. The zero-order chi connectivity index (χ0) is 23.2. The fraction of sp³-hybridized carbons (Fsp3) is 0.240. The number of hydrogen-bond acceptors (Lipinski definition) is 6. The maximum atomic E-state index is 12.1. The van der Waals surface area contributed by atoms with Crippen molar-refractivity contribution in [3.63, 3.8) is 0 Å². The van der Waals surface area contributed by atoms with Gasteiger partial charge in [0.25, 0.3) is 0 Å².